The molecule has 5 aliphatic rings. The molecule has 2 aromatic carbocycles. The van der Waals surface area contributed by atoms with Crippen LogP contribution in [-0.4, -0.2) is 114 Å². The van der Waals surface area contributed by atoms with Crippen LogP contribution in [0.5, 0.6) is 0 Å². The number of hydrogen-bond acceptors (Lipinski definition) is 12. The molecule has 1 spiro atoms. The minimum absolute atomic E-state index is 0.140. The molecule has 5 heterocycles. The summed E-state index contributed by atoms with van der Waals surface area (Å²) in [5.74, 6) is 1.27. The number of aryl methyl sites for hydroxylation is 1. The first-order valence-corrected chi connectivity index (χ1v) is 22.4. The number of hydrogen-bond donors (Lipinski definition) is 4. The maximum absolute atomic E-state index is 13.2. The molecule has 328 valence electrons. The van der Waals surface area contributed by atoms with Gasteiger partial charge in [-0.25, -0.2) is 9.97 Å². The first kappa shape index (κ1) is 42.0. The van der Waals surface area contributed by atoms with Gasteiger partial charge in [0.1, 0.15) is 23.5 Å². The third-order valence-corrected chi connectivity index (χ3v) is 13.8. The summed E-state index contributed by atoms with van der Waals surface area (Å²) >= 11 is 0. The summed E-state index contributed by atoms with van der Waals surface area (Å²) < 4.78 is 0. The van der Waals surface area contributed by atoms with E-state index in [1.54, 1.807) is 18.0 Å². The summed E-state index contributed by atoms with van der Waals surface area (Å²) in [6, 6.07) is 18.5. The SMILES string of the molecule is C=CCNC(=O)c1cnc(Nc2ccc(N3CCN(C4CC5(C4)CN(c4ccc6c(c4)CN(C(C=O)CCC(=O)NC)C6=O)C5)CC3)cc2)nc1Nc1ccc2c(n1)C(CC)CC2. The Labute approximate surface area is 368 Å². The van der Waals surface area contributed by atoms with E-state index in [1.165, 1.54) is 30.3 Å². The number of aldehydes is 1. The fraction of sp³-hybridized carbons (Fsp3) is 0.438. The highest BCUT2D eigenvalue weighted by molar-refractivity contribution is 6.00. The normalized spacial score (nSPS) is 19.4. The van der Waals surface area contributed by atoms with Crippen LogP contribution >= 0.6 is 0 Å². The van der Waals surface area contributed by atoms with E-state index in [0.717, 1.165) is 87.4 Å². The van der Waals surface area contributed by atoms with Crippen LogP contribution in [0.3, 0.4) is 0 Å². The molecular formula is C48H57N11O4. The van der Waals surface area contributed by atoms with Crippen molar-refractivity contribution in [2.45, 2.75) is 76.4 Å². The van der Waals surface area contributed by atoms with Gasteiger partial charge in [0, 0.05) is 118 Å². The zero-order chi connectivity index (χ0) is 43.7. The fourth-order valence-electron chi connectivity index (χ4n) is 10.2. The number of amides is 3. The monoisotopic (exact) mass is 851 g/mol. The van der Waals surface area contributed by atoms with Crippen molar-refractivity contribution >= 4 is 58.7 Å². The Morgan fingerprint density at radius 1 is 0.952 bits per heavy atom. The van der Waals surface area contributed by atoms with Crippen LogP contribution in [0.25, 0.3) is 0 Å². The molecular weight excluding hydrogens is 795 g/mol. The van der Waals surface area contributed by atoms with E-state index in [2.05, 4.69) is 78.7 Å². The number of carbonyl (C=O) groups excluding carboxylic acids is 4. The van der Waals surface area contributed by atoms with Gasteiger partial charge in [-0.3, -0.25) is 19.3 Å². The van der Waals surface area contributed by atoms with Crippen molar-refractivity contribution < 1.29 is 19.2 Å². The summed E-state index contributed by atoms with van der Waals surface area (Å²) in [5, 5.41) is 12.1. The quantitative estimate of drug-likeness (QED) is 0.0821. The predicted molar refractivity (Wildman–Crippen MR) is 244 cm³/mol. The Hall–Kier alpha value is -6.35. The van der Waals surface area contributed by atoms with Gasteiger partial charge in [0.05, 0.1) is 6.04 Å². The van der Waals surface area contributed by atoms with Gasteiger partial charge in [-0.15, -0.1) is 6.58 Å². The van der Waals surface area contributed by atoms with Gasteiger partial charge in [-0.1, -0.05) is 19.1 Å². The Balaban J connectivity index is 0.756. The van der Waals surface area contributed by atoms with Gasteiger partial charge in [-0.2, -0.15) is 4.98 Å². The van der Waals surface area contributed by atoms with Crippen molar-refractivity contribution in [3.8, 4) is 0 Å². The second-order valence-electron chi connectivity index (χ2n) is 17.8. The average Bonchev–Trinajstić information content (AvgIpc) is 3.84. The molecule has 1 saturated carbocycles. The van der Waals surface area contributed by atoms with Crippen LogP contribution in [-0.2, 0) is 22.6 Å². The number of nitrogens with one attached hydrogen (secondary N) is 4. The number of anilines is 6. The fourth-order valence-corrected chi connectivity index (χ4v) is 10.2. The Morgan fingerprint density at radius 2 is 1.73 bits per heavy atom. The first-order valence-electron chi connectivity index (χ1n) is 22.4. The summed E-state index contributed by atoms with van der Waals surface area (Å²) in [7, 11) is 1.57. The third kappa shape index (κ3) is 8.58. The molecule has 2 aromatic heterocycles. The van der Waals surface area contributed by atoms with Gasteiger partial charge in [0.15, 0.2) is 0 Å². The highest BCUT2D eigenvalue weighted by Gasteiger charge is 2.54. The number of fused-ring (bicyclic) bond motifs is 2. The molecule has 2 atom stereocenters. The van der Waals surface area contributed by atoms with Gasteiger partial charge in [0.25, 0.3) is 11.8 Å². The third-order valence-electron chi connectivity index (χ3n) is 13.8. The van der Waals surface area contributed by atoms with Crippen LogP contribution in [0.1, 0.15) is 88.9 Å². The lowest BCUT2D eigenvalue weighted by molar-refractivity contribution is -0.121. The maximum atomic E-state index is 13.2. The van der Waals surface area contributed by atoms with Gasteiger partial charge in [0.2, 0.25) is 11.9 Å². The highest BCUT2D eigenvalue weighted by atomic mass is 16.2. The number of carbonyl (C=O) groups is 4. The predicted octanol–water partition coefficient (Wildman–Crippen LogP) is 5.55. The van der Waals surface area contributed by atoms with E-state index in [4.69, 9.17) is 9.97 Å². The van der Waals surface area contributed by atoms with Crippen molar-refractivity contribution in [1.29, 1.82) is 0 Å². The van der Waals surface area contributed by atoms with Crippen LogP contribution in [0.15, 0.2) is 73.4 Å². The highest BCUT2D eigenvalue weighted by Crippen LogP contribution is 2.52. The van der Waals surface area contributed by atoms with Gasteiger partial charge < -0.3 is 40.8 Å². The van der Waals surface area contributed by atoms with E-state index in [-0.39, 0.29) is 24.1 Å². The zero-order valence-corrected chi connectivity index (χ0v) is 36.2. The molecule has 63 heavy (non-hydrogen) atoms. The summed E-state index contributed by atoms with van der Waals surface area (Å²) in [6.45, 7) is 12.7. The molecule has 2 unspecified atom stereocenters. The first-order chi connectivity index (χ1) is 30.7. The standard InChI is InChI=1S/C48H57N11O4/c1-4-18-50-45(62)40-26-51-47(55-44(40)54-41-16-8-32-7-6-31(5-2)43(32)53-41)52-34-9-11-35(12-10-34)56-19-21-57(22-20-56)38-24-48(25-38)29-58(30-48)36-13-15-39-33(23-36)27-59(46(39)63)37(28-60)14-17-42(61)49-3/h4,8-13,15-16,23,26,28,31,37-38H,1,5-7,14,17-22,24-25,27,29-30H2,2-3H3,(H,49,61)(H,50,62)(H2,51,52,53,54,55). The van der Waals surface area contributed by atoms with Crippen LogP contribution in [0, 0.1) is 5.41 Å². The number of pyridine rings is 1. The Morgan fingerprint density at radius 3 is 2.46 bits per heavy atom. The summed E-state index contributed by atoms with van der Waals surface area (Å²) in [6.07, 6.45) is 10.1. The lowest BCUT2D eigenvalue weighted by Crippen LogP contribution is -2.68. The van der Waals surface area contributed by atoms with Crippen molar-refractivity contribution in [3.63, 3.8) is 0 Å². The van der Waals surface area contributed by atoms with Crippen LogP contribution < -0.4 is 31.1 Å². The maximum Gasteiger partial charge on any atom is 0.256 e. The average molecular weight is 852 g/mol. The molecule has 2 aliphatic carbocycles. The topological polar surface area (TPSA) is 168 Å². The molecule has 3 aliphatic heterocycles. The van der Waals surface area contributed by atoms with Crippen molar-refractivity contribution in [3.05, 3.63) is 101 Å². The zero-order valence-electron chi connectivity index (χ0n) is 36.2. The molecule has 3 amide bonds. The Bertz CT molecular complexity index is 2380. The summed E-state index contributed by atoms with van der Waals surface area (Å²) in [5.41, 5.74) is 7.83. The molecule has 0 radical (unpaired) electrons. The van der Waals surface area contributed by atoms with Gasteiger partial charge in [-0.05, 0) is 98.2 Å². The largest absolute Gasteiger partial charge is 0.370 e. The second-order valence-corrected chi connectivity index (χ2v) is 17.8. The Kier molecular flexibility index (Phi) is 11.9. The minimum atomic E-state index is -0.614. The van der Waals surface area contributed by atoms with Gasteiger partial charge >= 0.3 is 0 Å². The van der Waals surface area contributed by atoms with Crippen LogP contribution in [0.4, 0.5) is 34.6 Å². The smallest absolute Gasteiger partial charge is 0.256 e. The molecule has 15 heteroatoms. The molecule has 4 aromatic rings. The minimum Gasteiger partial charge on any atom is -0.370 e. The molecule has 2 saturated heterocycles. The van der Waals surface area contributed by atoms with Crippen molar-refractivity contribution in [2.75, 3.05) is 73.3 Å². The molecule has 9 rings (SSSR count). The number of rotatable bonds is 16. The summed E-state index contributed by atoms with van der Waals surface area (Å²) in [4.78, 5) is 73.2. The molecule has 3 fully saturated rings. The molecule has 15 nitrogen and oxygen atoms in total. The number of benzene rings is 2. The van der Waals surface area contributed by atoms with E-state index in [1.807, 2.05) is 30.3 Å². The lowest BCUT2D eigenvalue weighted by Gasteiger charge is -2.62. The van der Waals surface area contributed by atoms with Crippen LogP contribution in [0.2, 0.25) is 0 Å². The van der Waals surface area contributed by atoms with E-state index >= 15 is 0 Å². The molecule has 0 bridgehead atoms. The molecule has 4 N–H and O–H groups in total. The lowest BCUT2D eigenvalue weighted by atomic mass is 9.60. The number of nitrogens with zero attached hydrogens (tertiary/aromatic N) is 7. The van der Waals surface area contributed by atoms with E-state index < -0.39 is 6.04 Å². The van der Waals surface area contributed by atoms with Crippen molar-refractivity contribution in [1.82, 2.24) is 35.4 Å². The number of piperazine rings is 1. The number of aromatic nitrogens is 3. The van der Waals surface area contributed by atoms with Crippen molar-refractivity contribution in [2.24, 2.45) is 5.41 Å². The van der Waals surface area contributed by atoms with E-state index in [0.29, 0.717) is 65.6 Å². The van der Waals surface area contributed by atoms with E-state index in [9.17, 15) is 19.2 Å². The second kappa shape index (κ2) is 17.8.